The number of aliphatic hydroxyl groups is 2. The van der Waals surface area contributed by atoms with Crippen molar-refractivity contribution in [1.82, 2.24) is 5.32 Å². The molecule has 2 atom stereocenters. The molecule has 0 saturated carbocycles. The molecule has 2 aromatic carbocycles. The fourth-order valence-electron chi connectivity index (χ4n) is 2.60. The van der Waals surface area contributed by atoms with E-state index >= 15 is 0 Å². The number of rotatable bonds is 8. The summed E-state index contributed by atoms with van der Waals surface area (Å²) in [5.74, 6) is 0.799. The van der Waals surface area contributed by atoms with Gasteiger partial charge in [0.25, 0.3) is 5.69 Å². The molecule has 0 radical (unpaired) electrons. The number of aliphatic hydroxyl groups excluding tert-OH is 2. The zero-order valence-electron chi connectivity index (χ0n) is 14.2. The fraction of sp³-hybridized carbons (Fsp3) is 0.333. The smallest absolute Gasteiger partial charge is 0.269 e. The number of hydrogen-bond donors (Lipinski definition) is 3. The Morgan fingerprint density at radius 1 is 1.24 bits per heavy atom. The molecule has 7 nitrogen and oxygen atoms in total. The molecule has 0 saturated heterocycles. The first-order chi connectivity index (χ1) is 12.0. The van der Waals surface area contributed by atoms with Gasteiger partial charge in [-0.25, -0.2) is 0 Å². The van der Waals surface area contributed by atoms with Crippen LogP contribution < -0.4 is 10.1 Å². The summed E-state index contributed by atoms with van der Waals surface area (Å²) in [5, 5.41) is 33.8. The van der Waals surface area contributed by atoms with Crippen molar-refractivity contribution >= 4 is 5.69 Å². The van der Waals surface area contributed by atoms with Gasteiger partial charge >= 0.3 is 0 Å². The molecule has 0 aliphatic rings. The number of nitro benzene ring substituents is 1. The molecule has 0 aliphatic heterocycles. The molecule has 2 aromatic rings. The van der Waals surface area contributed by atoms with Gasteiger partial charge in [-0.3, -0.25) is 10.1 Å². The number of nitrogens with zero attached hydrogens (tertiary/aromatic N) is 1. The Kier molecular flexibility index (Phi) is 6.46. The summed E-state index contributed by atoms with van der Waals surface area (Å²) in [6, 6.07) is 10.8. The number of methoxy groups -OCH3 is 1. The highest BCUT2D eigenvalue weighted by molar-refractivity contribution is 5.36. The molecule has 0 aliphatic carbocycles. The predicted octanol–water partition coefficient (Wildman–Crippen LogP) is 2.10. The molecular formula is C18H22N2O5. The van der Waals surface area contributed by atoms with Crippen molar-refractivity contribution in [2.45, 2.75) is 25.6 Å². The van der Waals surface area contributed by atoms with Crippen LogP contribution in [-0.2, 0) is 6.54 Å². The van der Waals surface area contributed by atoms with E-state index in [4.69, 9.17) is 4.74 Å². The van der Waals surface area contributed by atoms with Gasteiger partial charge < -0.3 is 20.3 Å². The number of ether oxygens (including phenoxy) is 1. The second-order valence-electron chi connectivity index (χ2n) is 5.77. The van der Waals surface area contributed by atoms with Gasteiger partial charge in [0.15, 0.2) is 0 Å². The lowest BCUT2D eigenvalue weighted by Crippen LogP contribution is -2.37. The highest BCUT2D eigenvalue weighted by atomic mass is 16.6. The molecule has 134 valence electrons. The Hall–Kier alpha value is -2.48. The van der Waals surface area contributed by atoms with Crippen molar-refractivity contribution in [1.29, 1.82) is 0 Å². The second kappa shape index (κ2) is 8.57. The summed E-state index contributed by atoms with van der Waals surface area (Å²) >= 11 is 0. The van der Waals surface area contributed by atoms with E-state index in [-0.39, 0.29) is 12.3 Å². The zero-order chi connectivity index (χ0) is 18.4. The quantitative estimate of drug-likeness (QED) is 0.499. The predicted molar refractivity (Wildman–Crippen MR) is 93.5 cm³/mol. The summed E-state index contributed by atoms with van der Waals surface area (Å²) in [6.45, 7) is 2.13. The van der Waals surface area contributed by atoms with Gasteiger partial charge in [0.2, 0.25) is 0 Å². The SMILES string of the molecule is COc1ccc(CN[C@H](CO)[C@H](O)c2ccc([N+](=O)[O-])cc2)cc1C. The normalized spacial score (nSPS) is 13.3. The molecular weight excluding hydrogens is 324 g/mol. The van der Waals surface area contributed by atoms with Crippen LogP contribution in [0.3, 0.4) is 0 Å². The van der Waals surface area contributed by atoms with E-state index in [0.717, 1.165) is 16.9 Å². The summed E-state index contributed by atoms with van der Waals surface area (Å²) in [6.07, 6.45) is -0.981. The minimum atomic E-state index is -0.981. The molecule has 0 fully saturated rings. The Bertz CT molecular complexity index is 718. The molecule has 0 bridgehead atoms. The Morgan fingerprint density at radius 2 is 1.92 bits per heavy atom. The van der Waals surface area contributed by atoms with Crippen LogP contribution in [0.2, 0.25) is 0 Å². The van der Waals surface area contributed by atoms with Gasteiger partial charge in [-0.1, -0.05) is 12.1 Å². The number of nitro groups is 1. The first-order valence-electron chi connectivity index (χ1n) is 7.86. The highest BCUT2D eigenvalue weighted by Crippen LogP contribution is 2.22. The molecule has 7 heteroatoms. The maximum atomic E-state index is 10.7. The van der Waals surface area contributed by atoms with Crippen molar-refractivity contribution < 1.29 is 19.9 Å². The van der Waals surface area contributed by atoms with E-state index in [1.807, 2.05) is 25.1 Å². The summed E-state index contributed by atoms with van der Waals surface area (Å²) in [5.41, 5.74) is 2.45. The molecule has 25 heavy (non-hydrogen) atoms. The van der Waals surface area contributed by atoms with E-state index in [1.165, 1.54) is 24.3 Å². The van der Waals surface area contributed by atoms with Crippen molar-refractivity contribution in [2.75, 3.05) is 13.7 Å². The maximum Gasteiger partial charge on any atom is 0.269 e. The molecule has 0 unspecified atom stereocenters. The molecule has 0 amide bonds. The fourth-order valence-corrected chi connectivity index (χ4v) is 2.60. The highest BCUT2D eigenvalue weighted by Gasteiger charge is 2.20. The van der Waals surface area contributed by atoms with Crippen LogP contribution in [0.1, 0.15) is 22.8 Å². The summed E-state index contributed by atoms with van der Waals surface area (Å²) in [7, 11) is 1.61. The van der Waals surface area contributed by atoms with Gasteiger partial charge in [0.05, 0.1) is 30.8 Å². The average molecular weight is 346 g/mol. The van der Waals surface area contributed by atoms with Crippen LogP contribution in [0, 0.1) is 17.0 Å². The number of non-ortho nitro benzene ring substituents is 1. The third kappa shape index (κ3) is 4.76. The van der Waals surface area contributed by atoms with Crippen LogP contribution in [-0.4, -0.2) is 34.9 Å². The summed E-state index contributed by atoms with van der Waals surface area (Å²) in [4.78, 5) is 10.2. The minimum absolute atomic E-state index is 0.0434. The van der Waals surface area contributed by atoms with Gasteiger partial charge in [-0.2, -0.15) is 0 Å². The Balaban J connectivity index is 2.03. The Labute approximate surface area is 146 Å². The van der Waals surface area contributed by atoms with Gasteiger partial charge in [-0.05, 0) is 41.8 Å². The van der Waals surface area contributed by atoms with Crippen molar-refractivity contribution in [3.8, 4) is 5.75 Å². The van der Waals surface area contributed by atoms with Crippen LogP contribution in [0.25, 0.3) is 0 Å². The number of hydrogen-bond acceptors (Lipinski definition) is 6. The first kappa shape index (κ1) is 18.9. The maximum absolute atomic E-state index is 10.7. The van der Waals surface area contributed by atoms with Crippen molar-refractivity contribution in [2.24, 2.45) is 0 Å². The molecule has 0 heterocycles. The number of nitrogens with one attached hydrogen (secondary N) is 1. The van der Waals surface area contributed by atoms with E-state index in [1.54, 1.807) is 7.11 Å². The number of aryl methyl sites for hydroxylation is 1. The first-order valence-corrected chi connectivity index (χ1v) is 7.86. The van der Waals surface area contributed by atoms with Crippen molar-refractivity contribution in [3.05, 3.63) is 69.3 Å². The lowest BCUT2D eigenvalue weighted by molar-refractivity contribution is -0.384. The largest absolute Gasteiger partial charge is 0.496 e. The minimum Gasteiger partial charge on any atom is -0.496 e. The van der Waals surface area contributed by atoms with Gasteiger partial charge in [0.1, 0.15) is 5.75 Å². The van der Waals surface area contributed by atoms with Gasteiger partial charge in [-0.15, -0.1) is 0 Å². The Morgan fingerprint density at radius 3 is 2.44 bits per heavy atom. The molecule has 0 aromatic heterocycles. The zero-order valence-corrected chi connectivity index (χ0v) is 14.2. The lowest BCUT2D eigenvalue weighted by atomic mass is 10.0. The molecule has 2 rings (SSSR count). The van der Waals surface area contributed by atoms with E-state index in [9.17, 15) is 20.3 Å². The van der Waals surface area contributed by atoms with E-state index < -0.39 is 17.1 Å². The lowest BCUT2D eigenvalue weighted by Gasteiger charge is -2.23. The van der Waals surface area contributed by atoms with E-state index in [0.29, 0.717) is 12.1 Å². The van der Waals surface area contributed by atoms with E-state index in [2.05, 4.69) is 5.32 Å². The van der Waals surface area contributed by atoms with Gasteiger partial charge in [0, 0.05) is 18.7 Å². The third-order valence-corrected chi connectivity index (χ3v) is 4.05. The second-order valence-corrected chi connectivity index (χ2v) is 5.77. The van der Waals surface area contributed by atoms with Crippen molar-refractivity contribution in [3.63, 3.8) is 0 Å². The van der Waals surface area contributed by atoms with Crippen LogP contribution in [0.15, 0.2) is 42.5 Å². The average Bonchev–Trinajstić information content (AvgIpc) is 2.62. The van der Waals surface area contributed by atoms with Crippen LogP contribution >= 0.6 is 0 Å². The van der Waals surface area contributed by atoms with Crippen LogP contribution in [0.5, 0.6) is 5.75 Å². The molecule has 3 N–H and O–H groups in total. The monoisotopic (exact) mass is 346 g/mol. The summed E-state index contributed by atoms with van der Waals surface area (Å²) < 4.78 is 5.22. The third-order valence-electron chi connectivity index (χ3n) is 4.05. The molecule has 0 spiro atoms. The standard InChI is InChI=1S/C18H22N2O5/c1-12-9-13(3-8-17(12)25-2)10-19-16(11-21)18(22)14-4-6-15(7-5-14)20(23)24/h3-9,16,18-19,21-22H,10-11H2,1-2H3/t16-,18-/m1/s1. The van der Waals surface area contributed by atoms with Crippen LogP contribution in [0.4, 0.5) is 5.69 Å². The topological polar surface area (TPSA) is 105 Å². The number of benzene rings is 2.